The van der Waals surface area contributed by atoms with Crippen molar-refractivity contribution in [2.45, 2.75) is 6.42 Å². The van der Waals surface area contributed by atoms with E-state index in [1.54, 1.807) is 7.05 Å². The van der Waals surface area contributed by atoms with E-state index in [1.807, 2.05) is 6.07 Å². The Labute approximate surface area is 92.3 Å². The SMILES string of the molecule is CN(CCC#N)c1nc(N)ccc1[N+](=O)[O-]. The number of nitro groups is 1. The van der Waals surface area contributed by atoms with Gasteiger partial charge in [-0.1, -0.05) is 0 Å². The van der Waals surface area contributed by atoms with E-state index >= 15 is 0 Å². The largest absolute Gasteiger partial charge is 0.384 e. The minimum atomic E-state index is -0.523. The van der Waals surface area contributed by atoms with Crippen molar-refractivity contribution in [2.75, 3.05) is 24.2 Å². The van der Waals surface area contributed by atoms with Crippen LogP contribution in [0.1, 0.15) is 6.42 Å². The van der Waals surface area contributed by atoms with E-state index in [0.29, 0.717) is 6.54 Å². The van der Waals surface area contributed by atoms with Crippen LogP contribution in [0.4, 0.5) is 17.3 Å². The number of aromatic nitrogens is 1. The van der Waals surface area contributed by atoms with Gasteiger partial charge in [-0.3, -0.25) is 10.1 Å². The van der Waals surface area contributed by atoms with Gasteiger partial charge in [-0.05, 0) is 6.07 Å². The molecule has 7 heteroatoms. The van der Waals surface area contributed by atoms with E-state index < -0.39 is 4.92 Å². The molecule has 1 heterocycles. The zero-order chi connectivity index (χ0) is 12.1. The molecule has 0 atom stereocenters. The van der Waals surface area contributed by atoms with E-state index in [9.17, 15) is 10.1 Å². The Balaban J connectivity index is 3.05. The first kappa shape index (κ1) is 11.7. The molecule has 0 aromatic carbocycles. The molecule has 0 amide bonds. The Hall–Kier alpha value is -2.36. The molecular formula is C9H11N5O2. The molecule has 0 spiro atoms. The van der Waals surface area contributed by atoms with Gasteiger partial charge in [0.15, 0.2) is 0 Å². The standard InChI is InChI=1S/C9H11N5O2/c1-13(6-2-5-10)9-7(14(15)16)3-4-8(11)12-9/h3-4H,2,6H2,1H3,(H2,11,12). The molecule has 0 saturated carbocycles. The molecule has 0 saturated heterocycles. The summed E-state index contributed by atoms with van der Waals surface area (Å²) in [6.07, 6.45) is 0.268. The zero-order valence-corrected chi connectivity index (χ0v) is 8.75. The monoisotopic (exact) mass is 221 g/mol. The molecule has 0 aliphatic rings. The summed E-state index contributed by atoms with van der Waals surface area (Å²) in [5.41, 5.74) is 5.35. The lowest BCUT2D eigenvalue weighted by atomic mass is 10.3. The lowest BCUT2D eigenvalue weighted by molar-refractivity contribution is -0.384. The summed E-state index contributed by atoms with van der Waals surface area (Å²) in [4.78, 5) is 15.7. The predicted molar refractivity (Wildman–Crippen MR) is 58.8 cm³/mol. The molecule has 1 aromatic rings. The Morgan fingerprint density at radius 2 is 2.38 bits per heavy atom. The molecule has 2 N–H and O–H groups in total. The highest BCUT2D eigenvalue weighted by Crippen LogP contribution is 2.25. The Morgan fingerprint density at radius 1 is 1.69 bits per heavy atom. The highest BCUT2D eigenvalue weighted by Gasteiger charge is 2.18. The molecule has 0 fully saturated rings. The summed E-state index contributed by atoms with van der Waals surface area (Å²) in [7, 11) is 1.63. The van der Waals surface area contributed by atoms with Gasteiger partial charge in [-0.15, -0.1) is 0 Å². The number of nitriles is 1. The first-order chi connectivity index (χ1) is 7.56. The lowest BCUT2D eigenvalue weighted by Crippen LogP contribution is -2.21. The topological polar surface area (TPSA) is 109 Å². The Bertz CT molecular complexity index is 440. The van der Waals surface area contributed by atoms with Crippen LogP contribution in [-0.2, 0) is 0 Å². The van der Waals surface area contributed by atoms with Crippen LogP contribution >= 0.6 is 0 Å². The molecule has 0 unspecified atom stereocenters. The van der Waals surface area contributed by atoms with Crippen molar-refractivity contribution < 1.29 is 4.92 Å². The number of anilines is 2. The molecule has 1 rings (SSSR count). The van der Waals surface area contributed by atoms with E-state index in [1.165, 1.54) is 17.0 Å². The highest BCUT2D eigenvalue weighted by atomic mass is 16.6. The highest BCUT2D eigenvalue weighted by molar-refractivity contribution is 5.60. The van der Waals surface area contributed by atoms with Crippen LogP contribution in [0.15, 0.2) is 12.1 Å². The number of hydrogen-bond donors (Lipinski definition) is 1. The average molecular weight is 221 g/mol. The maximum atomic E-state index is 10.7. The smallest absolute Gasteiger partial charge is 0.311 e. The average Bonchev–Trinajstić information content (AvgIpc) is 2.25. The van der Waals surface area contributed by atoms with Crippen LogP contribution in [-0.4, -0.2) is 23.5 Å². The fraction of sp³-hybridized carbons (Fsp3) is 0.333. The van der Waals surface area contributed by atoms with E-state index in [2.05, 4.69) is 4.98 Å². The number of pyridine rings is 1. The van der Waals surface area contributed by atoms with Gasteiger partial charge in [-0.2, -0.15) is 5.26 Å². The molecule has 0 radical (unpaired) electrons. The van der Waals surface area contributed by atoms with Crippen molar-refractivity contribution in [1.29, 1.82) is 5.26 Å². The molecule has 1 aromatic heterocycles. The minimum absolute atomic E-state index is 0.116. The summed E-state index contributed by atoms with van der Waals surface area (Å²) < 4.78 is 0. The van der Waals surface area contributed by atoms with Crippen LogP contribution in [0.5, 0.6) is 0 Å². The normalized spacial score (nSPS) is 9.50. The van der Waals surface area contributed by atoms with Gasteiger partial charge in [0.2, 0.25) is 5.82 Å². The van der Waals surface area contributed by atoms with Gasteiger partial charge in [0.1, 0.15) is 5.82 Å². The van der Waals surface area contributed by atoms with Gasteiger partial charge in [0.05, 0.1) is 17.4 Å². The molecule has 16 heavy (non-hydrogen) atoms. The third kappa shape index (κ3) is 2.57. The fourth-order valence-corrected chi connectivity index (χ4v) is 1.20. The van der Waals surface area contributed by atoms with Crippen molar-refractivity contribution in [3.05, 3.63) is 22.2 Å². The van der Waals surface area contributed by atoms with Gasteiger partial charge in [-0.25, -0.2) is 4.98 Å². The minimum Gasteiger partial charge on any atom is -0.384 e. The second kappa shape index (κ2) is 4.93. The van der Waals surface area contributed by atoms with E-state index in [0.717, 1.165) is 0 Å². The van der Waals surface area contributed by atoms with Crippen molar-refractivity contribution >= 4 is 17.3 Å². The maximum Gasteiger partial charge on any atom is 0.311 e. The van der Waals surface area contributed by atoms with Gasteiger partial charge < -0.3 is 10.6 Å². The number of rotatable bonds is 4. The number of hydrogen-bond acceptors (Lipinski definition) is 6. The predicted octanol–water partition coefficient (Wildman–Crippen LogP) is 0.922. The molecule has 0 aliphatic heterocycles. The summed E-state index contributed by atoms with van der Waals surface area (Å²) in [6.45, 7) is 0.369. The second-order valence-corrected chi connectivity index (χ2v) is 3.17. The lowest BCUT2D eigenvalue weighted by Gasteiger charge is -2.16. The van der Waals surface area contributed by atoms with Crippen LogP contribution in [0, 0.1) is 21.4 Å². The summed E-state index contributed by atoms with van der Waals surface area (Å²) in [5.74, 6) is 0.393. The molecule has 84 valence electrons. The van der Waals surface area contributed by atoms with Crippen LogP contribution in [0.3, 0.4) is 0 Å². The Kier molecular flexibility index (Phi) is 3.61. The van der Waals surface area contributed by atoms with Crippen molar-refractivity contribution in [2.24, 2.45) is 0 Å². The first-order valence-corrected chi connectivity index (χ1v) is 4.55. The van der Waals surface area contributed by atoms with Crippen LogP contribution < -0.4 is 10.6 Å². The van der Waals surface area contributed by atoms with E-state index in [4.69, 9.17) is 11.0 Å². The Morgan fingerprint density at radius 3 is 2.94 bits per heavy atom. The number of nitrogens with two attached hydrogens (primary N) is 1. The van der Waals surface area contributed by atoms with Gasteiger partial charge >= 0.3 is 5.69 Å². The third-order valence-electron chi connectivity index (χ3n) is 1.99. The summed E-state index contributed by atoms with van der Waals surface area (Å²) in [6, 6.07) is 4.64. The quantitative estimate of drug-likeness (QED) is 0.598. The molecule has 0 bridgehead atoms. The number of nitrogen functional groups attached to an aromatic ring is 1. The fourth-order valence-electron chi connectivity index (χ4n) is 1.20. The maximum absolute atomic E-state index is 10.7. The van der Waals surface area contributed by atoms with E-state index in [-0.39, 0.29) is 23.7 Å². The third-order valence-corrected chi connectivity index (χ3v) is 1.99. The second-order valence-electron chi connectivity index (χ2n) is 3.17. The van der Waals surface area contributed by atoms with Crippen molar-refractivity contribution in [3.8, 4) is 6.07 Å². The van der Waals surface area contributed by atoms with Crippen LogP contribution in [0.25, 0.3) is 0 Å². The van der Waals surface area contributed by atoms with Gasteiger partial charge in [0.25, 0.3) is 0 Å². The number of nitrogens with zero attached hydrogens (tertiary/aromatic N) is 4. The summed E-state index contributed by atoms with van der Waals surface area (Å²) >= 11 is 0. The van der Waals surface area contributed by atoms with Gasteiger partial charge in [0, 0.05) is 19.7 Å². The molecule has 7 nitrogen and oxygen atoms in total. The zero-order valence-electron chi connectivity index (χ0n) is 8.75. The molecule has 0 aliphatic carbocycles. The van der Waals surface area contributed by atoms with Crippen LogP contribution in [0.2, 0.25) is 0 Å². The molecular weight excluding hydrogens is 210 g/mol. The van der Waals surface area contributed by atoms with Crippen molar-refractivity contribution in [1.82, 2.24) is 4.98 Å². The first-order valence-electron chi connectivity index (χ1n) is 4.55. The van der Waals surface area contributed by atoms with Crippen molar-refractivity contribution in [3.63, 3.8) is 0 Å². The summed E-state index contributed by atoms with van der Waals surface area (Å²) in [5, 5.41) is 19.2.